The molecular formula is C15H14ClN3. The number of nitrogens with zero attached hydrogens (tertiary/aromatic N) is 2. The molecule has 3 nitrogen and oxygen atoms in total. The van der Waals surface area contributed by atoms with Crippen LogP contribution in [-0.2, 0) is 6.42 Å². The molecule has 0 saturated heterocycles. The summed E-state index contributed by atoms with van der Waals surface area (Å²) < 4.78 is 0. The molecule has 1 aromatic carbocycles. The SMILES string of the molecule is Clc1cnc2c(c1)NCC1c3ccccc3CCN21. The highest BCUT2D eigenvalue weighted by Gasteiger charge is 2.32. The van der Waals surface area contributed by atoms with Gasteiger partial charge in [0.2, 0.25) is 0 Å². The van der Waals surface area contributed by atoms with Crippen molar-refractivity contribution in [1.29, 1.82) is 0 Å². The number of hydrogen-bond donors (Lipinski definition) is 1. The lowest BCUT2D eigenvalue weighted by atomic mass is 9.91. The Kier molecular flexibility index (Phi) is 2.42. The number of hydrogen-bond acceptors (Lipinski definition) is 3. The average Bonchev–Trinajstić information content (AvgIpc) is 2.46. The highest BCUT2D eigenvalue weighted by molar-refractivity contribution is 6.30. The van der Waals surface area contributed by atoms with E-state index in [2.05, 4.69) is 39.5 Å². The van der Waals surface area contributed by atoms with Crippen molar-refractivity contribution < 1.29 is 0 Å². The molecule has 3 heterocycles. The molecule has 1 N–H and O–H groups in total. The van der Waals surface area contributed by atoms with Gasteiger partial charge in [0.1, 0.15) is 0 Å². The first-order chi connectivity index (χ1) is 9.33. The predicted octanol–water partition coefficient (Wildman–Crippen LogP) is 3.26. The van der Waals surface area contributed by atoms with Crippen molar-refractivity contribution in [1.82, 2.24) is 4.98 Å². The molecule has 0 spiro atoms. The van der Waals surface area contributed by atoms with Crippen LogP contribution in [0, 0.1) is 0 Å². The van der Waals surface area contributed by atoms with Crippen LogP contribution in [0.15, 0.2) is 36.5 Å². The van der Waals surface area contributed by atoms with Gasteiger partial charge in [-0.25, -0.2) is 4.98 Å². The predicted molar refractivity (Wildman–Crippen MR) is 78.0 cm³/mol. The van der Waals surface area contributed by atoms with Crippen LogP contribution in [0.5, 0.6) is 0 Å². The highest BCUT2D eigenvalue weighted by atomic mass is 35.5. The maximum absolute atomic E-state index is 6.01. The monoisotopic (exact) mass is 271 g/mol. The summed E-state index contributed by atoms with van der Waals surface area (Å²) in [5.41, 5.74) is 3.93. The minimum absolute atomic E-state index is 0.381. The summed E-state index contributed by atoms with van der Waals surface area (Å²) in [5.74, 6) is 1.02. The molecular weight excluding hydrogens is 258 g/mol. The molecule has 0 amide bonds. The van der Waals surface area contributed by atoms with Crippen molar-refractivity contribution in [3.63, 3.8) is 0 Å². The fourth-order valence-electron chi connectivity index (χ4n) is 3.12. The van der Waals surface area contributed by atoms with E-state index in [-0.39, 0.29) is 0 Å². The molecule has 2 aromatic rings. The number of anilines is 2. The van der Waals surface area contributed by atoms with Gasteiger partial charge in [-0.2, -0.15) is 0 Å². The summed E-state index contributed by atoms with van der Waals surface area (Å²) in [6, 6.07) is 11.0. The molecule has 19 heavy (non-hydrogen) atoms. The zero-order chi connectivity index (χ0) is 12.8. The van der Waals surface area contributed by atoms with E-state index in [0.717, 1.165) is 31.0 Å². The molecule has 4 heteroatoms. The first kappa shape index (κ1) is 11.1. The minimum Gasteiger partial charge on any atom is -0.380 e. The first-order valence-corrected chi connectivity index (χ1v) is 6.94. The van der Waals surface area contributed by atoms with Gasteiger partial charge in [-0.1, -0.05) is 35.9 Å². The number of pyridine rings is 1. The van der Waals surface area contributed by atoms with Crippen LogP contribution in [0.25, 0.3) is 0 Å². The average molecular weight is 272 g/mol. The molecule has 0 radical (unpaired) electrons. The number of aromatic nitrogens is 1. The first-order valence-electron chi connectivity index (χ1n) is 6.57. The summed E-state index contributed by atoms with van der Waals surface area (Å²) in [5, 5.41) is 4.14. The summed E-state index contributed by atoms with van der Waals surface area (Å²) in [7, 11) is 0. The van der Waals surface area contributed by atoms with Crippen LogP contribution in [-0.4, -0.2) is 18.1 Å². The number of fused-ring (bicyclic) bond motifs is 5. The van der Waals surface area contributed by atoms with Gasteiger partial charge >= 0.3 is 0 Å². The lowest BCUT2D eigenvalue weighted by Crippen LogP contribution is -2.42. The maximum atomic E-state index is 6.01. The smallest absolute Gasteiger partial charge is 0.152 e. The number of rotatable bonds is 0. The minimum atomic E-state index is 0.381. The molecule has 1 atom stereocenters. The van der Waals surface area contributed by atoms with Crippen molar-refractivity contribution in [3.05, 3.63) is 52.7 Å². The van der Waals surface area contributed by atoms with E-state index in [9.17, 15) is 0 Å². The van der Waals surface area contributed by atoms with E-state index >= 15 is 0 Å². The third-order valence-electron chi connectivity index (χ3n) is 4.00. The summed E-state index contributed by atoms with van der Waals surface area (Å²) in [6.45, 7) is 1.93. The third-order valence-corrected chi connectivity index (χ3v) is 4.21. The third kappa shape index (κ3) is 1.69. The zero-order valence-electron chi connectivity index (χ0n) is 10.4. The molecule has 2 aliphatic rings. The lowest BCUT2D eigenvalue weighted by Gasteiger charge is -2.42. The van der Waals surface area contributed by atoms with Crippen LogP contribution in [0.4, 0.5) is 11.5 Å². The Balaban J connectivity index is 1.81. The fourth-order valence-corrected chi connectivity index (χ4v) is 3.28. The second-order valence-electron chi connectivity index (χ2n) is 5.06. The standard InChI is InChI=1S/C15H14ClN3/c16-11-7-13-15(18-8-11)19-6-5-10-3-1-2-4-12(10)14(19)9-17-13/h1-4,7-8,14,17H,5-6,9H2. The van der Waals surface area contributed by atoms with Crippen LogP contribution in [0.1, 0.15) is 17.2 Å². The Hall–Kier alpha value is -1.74. The molecule has 96 valence electrons. The summed E-state index contributed by atoms with van der Waals surface area (Å²) in [4.78, 5) is 6.90. The quantitative estimate of drug-likeness (QED) is 0.797. The van der Waals surface area contributed by atoms with Gasteiger partial charge in [0.25, 0.3) is 0 Å². The van der Waals surface area contributed by atoms with E-state index in [1.54, 1.807) is 6.20 Å². The second kappa shape index (κ2) is 4.14. The normalized spacial score (nSPS) is 20.1. The van der Waals surface area contributed by atoms with Gasteiger partial charge in [-0.05, 0) is 23.6 Å². The Morgan fingerprint density at radius 3 is 3.16 bits per heavy atom. The van der Waals surface area contributed by atoms with E-state index in [4.69, 9.17) is 11.6 Å². The summed E-state index contributed by atoms with van der Waals surface area (Å²) >= 11 is 6.01. The molecule has 0 fully saturated rings. The van der Waals surface area contributed by atoms with Crippen molar-refractivity contribution in [2.75, 3.05) is 23.3 Å². The van der Waals surface area contributed by atoms with Gasteiger partial charge in [0, 0.05) is 19.3 Å². The van der Waals surface area contributed by atoms with Crippen molar-refractivity contribution >= 4 is 23.1 Å². The van der Waals surface area contributed by atoms with Crippen LogP contribution >= 0.6 is 11.6 Å². The van der Waals surface area contributed by atoms with E-state index in [0.29, 0.717) is 11.1 Å². The second-order valence-corrected chi connectivity index (χ2v) is 5.50. The van der Waals surface area contributed by atoms with Gasteiger partial charge in [-0.3, -0.25) is 0 Å². The van der Waals surface area contributed by atoms with Crippen LogP contribution in [0.3, 0.4) is 0 Å². The fraction of sp³-hybridized carbons (Fsp3) is 0.267. The van der Waals surface area contributed by atoms with E-state index in [1.165, 1.54) is 11.1 Å². The molecule has 0 saturated carbocycles. The molecule has 2 aliphatic heterocycles. The van der Waals surface area contributed by atoms with Crippen molar-refractivity contribution in [2.45, 2.75) is 12.5 Å². The largest absolute Gasteiger partial charge is 0.380 e. The number of benzene rings is 1. The van der Waals surface area contributed by atoms with E-state index in [1.807, 2.05) is 6.07 Å². The Morgan fingerprint density at radius 2 is 2.21 bits per heavy atom. The van der Waals surface area contributed by atoms with Crippen LogP contribution < -0.4 is 10.2 Å². The van der Waals surface area contributed by atoms with Gasteiger partial charge < -0.3 is 10.2 Å². The molecule has 1 aromatic heterocycles. The van der Waals surface area contributed by atoms with Crippen molar-refractivity contribution in [2.24, 2.45) is 0 Å². The molecule has 4 rings (SSSR count). The summed E-state index contributed by atoms with van der Waals surface area (Å²) in [6.07, 6.45) is 2.81. The number of nitrogens with one attached hydrogen (secondary N) is 1. The van der Waals surface area contributed by atoms with Gasteiger partial charge in [0.15, 0.2) is 5.82 Å². The van der Waals surface area contributed by atoms with Gasteiger partial charge in [-0.15, -0.1) is 0 Å². The topological polar surface area (TPSA) is 28.2 Å². The van der Waals surface area contributed by atoms with Crippen molar-refractivity contribution in [3.8, 4) is 0 Å². The van der Waals surface area contributed by atoms with Crippen LogP contribution in [0.2, 0.25) is 5.02 Å². The molecule has 0 bridgehead atoms. The maximum Gasteiger partial charge on any atom is 0.152 e. The molecule has 0 aliphatic carbocycles. The Morgan fingerprint density at radius 1 is 1.32 bits per heavy atom. The Bertz CT molecular complexity index is 641. The Labute approximate surface area is 117 Å². The van der Waals surface area contributed by atoms with E-state index < -0.39 is 0 Å². The number of halogens is 1. The zero-order valence-corrected chi connectivity index (χ0v) is 11.2. The highest BCUT2D eigenvalue weighted by Crippen LogP contribution is 2.40. The molecule has 1 unspecified atom stereocenters. The van der Waals surface area contributed by atoms with Gasteiger partial charge in [0.05, 0.1) is 16.8 Å². The lowest BCUT2D eigenvalue weighted by molar-refractivity contribution is 0.584.